The van der Waals surface area contributed by atoms with Crippen LogP contribution in [0.15, 0.2) is 18.2 Å². The third kappa shape index (κ3) is 2.30. The molecule has 4 nitrogen and oxygen atoms in total. The smallest absolute Gasteiger partial charge is 0.201 e. The molecule has 0 aliphatic heterocycles. The summed E-state index contributed by atoms with van der Waals surface area (Å²) < 4.78 is 20.3. The molecule has 0 spiro atoms. The quantitative estimate of drug-likeness (QED) is 0.902. The maximum absolute atomic E-state index is 13.2. The topological polar surface area (TPSA) is 53.1 Å². The molecule has 1 aliphatic carbocycles. The molecule has 1 aromatic heterocycles. The van der Waals surface area contributed by atoms with E-state index in [9.17, 15) is 4.39 Å². The fraction of sp³-hybridized carbons (Fsp3) is 0.500. The molecule has 102 valence electrons. The molecular formula is C14H18FN3O. The van der Waals surface area contributed by atoms with Gasteiger partial charge < -0.3 is 15.0 Å². The van der Waals surface area contributed by atoms with Crippen LogP contribution in [0.3, 0.4) is 0 Å². The molecule has 0 unspecified atom stereocenters. The normalized spacial score (nSPS) is 16.9. The molecule has 0 saturated heterocycles. The summed E-state index contributed by atoms with van der Waals surface area (Å²) in [6.45, 7) is 1.60. The highest BCUT2D eigenvalue weighted by atomic mass is 19.1. The first-order valence-electron chi connectivity index (χ1n) is 6.54. The Labute approximate surface area is 111 Å². The number of benzene rings is 1. The second-order valence-corrected chi connectivity index (χ2v) is 5.43. The second-order valence-electron chi connectivity index (χ2n) is 5.43. The Bertz CT molecular complexity index is 604. The van der Waals surface area contributed by atoms with Crippen LogP contribution >= 0.6 is 0 Å². The maximum Gasteiger partial charge on any atom is 0.201 e. The summed E-state index contributed by atoms with van der Waals surface area (Å²) >= 11 is 0. The molecule has 0 atom stereocenters. The first kappa shape index (κ1) is 12.4. The van der Waals surface area contributed by atoms with E-state index in [1.165, 1.54) is 25.0 Å². The number of halogens is 1. The lowest BCUT2D eigenvalue weighted by Crippen LogP contribution is -2.15. The minimum atomic E-state index is -0.280. The lowest BCUT2D eigenvalue weighted by molar-refractivity contribution is 0.167. The Balaban J connectivity index is 1.90. The van der Waals surface area contributed by atoms with Crippen LogP contribution in [0.4, 0.5) is 10.3 Å². The molecule has 0 bridgehead atoms. The number of aromatic nitrogens is 2. The lowest BCUT2D eigenvalue weighted by Gasteiger charge is -2.16. The predicted molar refractivity (Wildman–Crippen MR) is 72.3 cm³/mol. The largest absolute Gasteiger partial charge is 0.385 e. The molecule has 1 fully saturated rings. The van der Waals surface area contributed by atoms with Gasteiger partial charge in [-0.25, -0.2) is 9.37 Å². The van der Waals surface area contributed by atoms with Gasteiger partial charge in [0.1, 0.15) is 5.82 Å². The van der Waals surface area contributed by atoms with E-state index in [1.807, 2.05) is 4.57 Å². The minimum Gasteiger partial charge on any atom is -0.385 e. The summed E-state index contributed by atoms with van der Waals surface area (Å²) in [5, 5.41) is 0. The van der Waals surface area contributed by atoms with Crippen LogP contribution in [-0.2, 0) is 11.3 Å². The average molecular weight is 263 g/mol. The van der Waals surface area contributed by atoms with E-state index in [-0.39, 0.29) is 11.2 Å². The summed E-state index contributed by atoms with van der Waals surface area (Å²) in [6.07, 6.45) is 3.41. The van der Waals surface area contributed by atoms with Crippen molar-refractivity contribution in [2.45, 2.75) is 25.8 Å². The van der Waals surface area contributed by atoms with Gasteiger partial charge in [0.2, 0.25) is 5.95 Å². The van der Waals surface area contributed by atoms with E-state index in [1.54, 1.807) is 13.2 Å². The van der Waals surface area contributed by atoms with Crippen molar-refractivity contribution in [3.8, 4) is 0 Å². The van der Waals surface area contributed by atoms with Gasteiger partial charge >= 0.3 is 0 Å². The number of methoxy groups -OCH3 is 1. The monoisotopic (exact) mass is 263 g/mol. The zero-order chi connectivity index (χ0) is 13.5. The Hall–Kier alpha value is -1.62. The maximum atomic E-state index is 13.2. The highest BCUT2D eigenvalue weighted by Gasteiger charge is 2.42. The van der Waals surface area contributed by atoms with Gasteiger partial charge in [0.15, 0.2) is 0 Å². The van der Waals surface area contributed by atoms with E-state index < -0.39 is 0 Å². The van der Waals surface area contributed by atoms with Gasteiger partial charge in [0.05, 0.1) is 11.0 Å². The van der Waals surface area contributed by atoms with E-state index in [2.05, 4.69) is 4.98 Å². The minimum absolute atomic E-state index is 0.280. The Morgan fingerprint density at radius 2 is 2.26 bits per heavy atom. The highest BCUT2D eigenvalue weighted by Crippen LogP contribution is 2.50. The molecule has 0 amide bonds. The standard InChI is InChI=1S/C14H18FN3O/c1-19-7-6-14(4-5-14)9-18-12-3-2-10(15)8-11(12)17-13(18)16/h2-3,8H,4-7,9H2,1H3,(H2,16,17). The number of rotatable bonds is 5. The molecule has 1 aromatic carbocycles. The number of ether oxygens (including phenoxy) is 1. The summed E-state index contributed by atoms with van der Waals surface area (Å²) in [4.78, 5) is 4.24. The first-order valence-corrected chi connectivity index (χ1v) is 6.54. The third-order valence-corrected chi connectivity index (χ3v) is 4.03. The van der Waals surface area contributed by atoms with Gasteiger partial charge in [0.25, 0.3) is 0 Å². The van der Waals surface area contributed by atoms with Gasteiger partial charge in [0, 0.05) is 26.3 Å². The third-order valence-electron chi connectivity index (χ3n) is 4.03. The number of nitrogens with zero attached hydrogens (tertiary/aromatic N) is 2. The zero-order valence-corrected chi connectivity index (χ0v) is 11.0. The Kier molecular flexibility index (Phi) is 2.93. The summed E-state index contributed by atoms with van der Waals surface area (Å²) in [5.74, 6) is 0.182. The van der Waals surface area contributed by atoms with Crippen molar-refractivity contribution in [2.75, 3.05) is 19.5 Å². The van der Waals surface area contributed by atoms with E-state index >= 15 is 0 Å². The van der Waals surface area contributed by atoms with Crippen LogP contribution in [0, 0.1) is 11.2 Å². The molecule has 2 aromatic rings. The van der Waals surface area contributed by atoms with Crippen molar-refractivity contribution in [2.24, 2.45) is 5.41 Å². The van der Waals surface area contributed by atoms with Gasteiger partial charge in [-0.1, -0.05) is 0 Å². The number of hydrogen-bond acceptors (Lipinski definition) is 3. The summed E-state index contributed by atoms with van der Waals surface area (Å²) in [5.41, 5.74) is 7.78. The van der Waals surface area contributed by atoms with Crippen molar-refractivity contribution in [1.29, 1.82) is 0 Å². The van der Waals surface area contributed by atoms with Crippen LogP contribution in [0.1, 0.15) is 19.3 Å². The second kappa shape index (κ2) is 4.49. The number of fused-ring (bicyclic) bond motifs is 1. The molecule has 19 heavy (non-hydrogen) atoms. The predicted octanol–water partition coefficient (Wildman–Crippen LogP) is 2.57. The fourth-order valence-corrected chi connectivity index (χ4v) is 2.61. The van der Waals surface area contributed by atoms with E-state index in [4.69, 9.17) is 10.5 Å². The SMILES string of the molecule is COCCC1(Cn2c(N)nc3cc(F)ccc32)CC1. The lowest BCUT2D eigenvalue weighted by atomic mass is 10.0. The van der Waals surface area contributed by atoms with E-state index in [0.29, 0.717) is 11.5 Å². The number of imidazole rings is 1. The van der Waals surface area contributed by atoms with Gasteiger partial charge in [-0.2, -0.15) is 0 Å². The number of nitrogens with two attached hydrogens (primary N) is 1. The zero-order valence-electron chi connectivity index (χ0n) is 11.0. The fourth-order valence-electron chi connectivity index (χ4n) is 2.61. The van der Waals surface area contributed by atoms with Crippen molar-refractivity contribution in [3.63, 3.8) is 0 Å². The van der Waals surface area contributed by atoms with E-state index in [0.717, 1.165) is 25.1 Å². The first-order chi connectivity index (χ1) is 9.13. The molecule has 1 heterocycles. The molecule has 1 aliphatic rings. The molecule has 3 rings (SSSR count). The molecule has 2 N–H and O–H groups in total. The molecule has 5 heteroatoms. The van der Waals surface area contributed by atoms with Crippen LogP contribution < -0.4 is 5.73 Å². The number of anilines is 1. The van der Waals surface area contributed by atoms with Gasteiger partial charge in [-0.3, -0.25) is 0 Å². The van der Waals surface area contributed by atoms with Gasteiger partial charge in [-0.05, 0) is 36.8 Å². The van der Waals surface area contributed by atoms with Crippen LogP contribution in [0.5, 0.6) is 0 Å². The van der Waals surface area contributed by atoms with Crippen LogP contribution in [0.25, 0.3) is 11.0 Å². The Morgan fingerprint density at radius 1 is 1.47 bits per heavy atom. The van der Waals surface area contributed by atoms with Crippen molar-refractivity contribution in [1.82, 2.24) is 9.55 Å². The average Bonchev–Trinajstić information content (AvgIpc) is 3.08. The molecular weight excluding hydrogens is 245 g/mol. The highest BCUT2D eigenvalue weighted by molar-refractivity contribution is 5.78. The van der Waals surface area contributed by atoms with Gasteiger partial charge in [-0.15, -0.1) is 0 Å². The van der Waals surface area contributed by atoms with Crippen molar-refractivity contribution >= 4 is 17.0 Å². The number of hydrogen-bond donors (Lipinski definition) is 1. The molecule has 0 radical (unpaired) electrons. The van der Waals surface area contributed by atoms with Crippen molar-refractivity contribution < 1.29 is 9.13 Å². The number of nitrogen functional groups attached to an aromatic ring is 1. The Morgan fingerprint density at radius 3 is 2.95 bits per heavy atom. The summed E-state index contributed by atoms with van der Waals surface area (Å²) in [7, 11) is 1.72. The van der Waals surface area contributed by atoms with Crippen LogP contribution in [0.2, 0.25) is 0 Å². The van der Waals surface area contributed by atoms with Crippen molar-refractivity contribution in [3.05, 3.63) is 24.0 Å². The molecule has 1 saturated carbocycles. The summed E-state index contributed by atoms with van der Waals surface area (Å²) in [6, 6.07) is 4.63. The van der Waals surface area contributed by atoms with Crippen LogP contribution in [-0.4, -0.2) is 23.3 Å².